The fourth-order valence-electron chi connectivity index (χ4n) is 2.78. The van der Waals surface area contributed by atoms with Gasteiger partial charge in [-0.15, -0.1) is 0 Å². The number of esters is 1. The molecule has 5 N–H and O–H groups in total. The number of aromatic amines is 1. The van der Waals surface area contributed by atoms with Gasteiger partial charge in [0.05, 0.1) is 33.1 Å². The van der Waals surface area contributed by atoms with E-state index in [-0.39, 0.29) is 30.1 Å². The molecule has 0 bridgehead atoms. The molecule has 3 heterocycles. The van der Waals surface area contributed by atoms with Crippen LogP contribution >= 0.6 is 0 Å². The summed E-state index contributed by atoms with van der Waals surface area (Å²) in [4.78, 5) is 33.5. The van der Waals surface area contributed by atoms with E-state index in [1.165, 1.54) is 18.0 Å². The number of hydrogen-bond acceptors (Lipinski definition) is 10. The minimum atomic E-state index is -1.17. The fourth-order valence-corrected chi connectivity index (χ4v) is 2.78. The zero-order chi connectivity index (χ0) is 18.8. The number of hydrogen-bond donors (Lipinski definition) is 4. The zero-order valence-corrected chi connectivity index (χ0v) is 13.9. The molecule has 1 fully saturated rings. The van der Waals surface area contributed by atoms with Crippen molar-refractivity contribution >= 4 is 23.1 Å². The summed E-state index contributed by atoms with van der Waals surface area (Å²) < 4.78 is 17.2. The van der Waals surface area contributed by atoms with E-state index in [1.807, 2.05) is 0 Å². The number of aliphatic hydroxyl groups is 2. The maximum absolute atomic E-state index is 11.9. The lowest BCUT2D eigenvalue weighted by Gasteiger charge is -2.21. The number of nitrogens with zero attached hydrogens (tertiary/aromatic N) is 3. The second-order valence-corrected chi connectivity index (χ2v) is 5.68. The number of fused-ring (bicyclic) bond motifs is 1. The minimum Gasteiger partial charge on any atom is -0.469 e. The molecule has 0 radical (unpaired) electrons. The summed E-state index contributed by atoms with van der Waals surface area (Å²) in [5, 5.41) is 19.7. The second-order valence-electron chi connectivity index (χ2n) is 5.68. The topological polar surface area (TPSA) is 175 Å². The predicted molar refractivity (Wildman–Crippen MR) is 85.9 cm³/mol. The molecule has 1 saturated heterocycles. The van der Waals surface area contributed by atoms with Gasteiger partial charge in [-0.2, -0.15) is 4.98 Å². The monoisotopic (exact) mass is 369 g/mol. The van der Waals surface area contributed by atoms with Gasteiger partial charge in [-0.3, -0.25) is 19.1 Å². The molecule has 12 nitrogen and oxygen atoms in total. The van der Waals surface area contributed by atoms with Gasteiger partial charge in [-0.25, -0.2) is 4.98 Å². The van der Waals surface area contributed by atoms with E-state index in [0.717, 1.165) is 0 Å². The SMILES string of the molecule is COC(=O)CCOC1C(O)[C@@H](CO)O[C@H]1n1cnc2c(=O)[nH]c(N)nc21. The standard InChI is InChI=1S/C14H19N5O7/c1-24-7(21)2-3-25-10-9(22)6(4-20)26-13(10)19-5-16-8-11(19)17-14(15)18-12(8)23/h5-6,9-10,13,20,22H,2-4H2,1H3,(H3,15,17,18,23)/t6-,9?,10?,13-/m1/s1. The summed E-state index contributed by atoms with van der Waals surface area (Å²) in [6, 6.07) is 0. The Morgan fingerprint density at radius 1 is 1.54 bits per heavy atom. The van der Waals surface area contributed by atoms with Crippen LogP contribution in [0.3, 0.4) is 0 Å². The van der Waals surface area contributed by atoms with Gasteiger partial charge in [-0.05, 0) is 0 Å². The number of carbonyl (C=O) groups is 1. The molecule has 2 aromatic rings. The Bertz CT molecular complexity index is 850. The molecular weight excluding hydrogens is 350 g/mol. The molecule has 0 aliphatic carbocycles. The van der Waals surface area contributed by atoms with Gasteiger partial charge in [0.25, 0.3) is 5.56 Å². The maximum atomic E-state index is 11.9. The van der Waals surface area contributed by atoms with Gasteiger partial charge in [0.1, 0.15) is 18.3 Å². The van der Waals surface area contributed by atoms with Crippen molar-refractivity contribution < 1.29 is 29.2 Å². The zero-order valence-electron chi connectivity index (χ0n) is 13.9. The van der Waals surface area contributed by atoms with E-state index in [9.17, 15) is 19.8 Å². The highest BCUT2D eigenvalue weighted by atomic mass is 16.6. The third-order valence-corrected chi connectivity index (χ3v) is 4.06. The van der Waals surface area contributed by atoms with Crippen molar-refractivity contribution in [3.8, 4) is 0 Å². The second kappa shape index (κ2) is 7.37. The molecule has 1 aliphatic rings. The Balaban J connectivity index is 1.90. The molecule has 0 saturated carbocycles. The van der Waals surface area contributed by atoms with Gasteiger partial charge in [0.15, 0.2) is 17.4 Å². The van der Waals surface area contributed by atoms with Crippen LogP contribution in [0.5, 0.6) is 0 Å². The molecule has 4 atom stereocenters. The molecule has 1 aliphatic heterocycles. The highest BCUT2D eigenvalue weighted by molar-refractivity contribution is 5.70. The normalized spacial score (nSPS) is 25.7. The lowest BCUT2D eigenvalue weighted by atomic mass is 10.1. The van der Waals surface area contributed by atoms with Crippen molar-refractivity contribution in [3.05, 3.63) is 16.7 Å². The van der Waals surface area contributed by atoms with Crippen molar-refractivity contribution in [2.24, 2.45) is 0 Å². The number of rotatable bonds is 6. The first-order valence-electron chi connectivity index (χ1n) is 7.81. The quantitative estimate of drug-likeness (QED) is 0.413. The minimum absolute atomic E-state index is 0.0220. The van der Waals surface area contributed by atoms with Crippen molar-refractivity contribution in [1.29, 1.82) is 0 Å². The third kappa shape index (κ3) is 3.26. The van der Waals surface area contributed by atoms with Crippen LogP contribution in [0.2, 0.25) is 0 Å². The summed E-state index contributed by atoms with van der Waals surface area (Å²) in [6.07, 6.45) is -2.67. The number of H-pyrrole nitrogens is 1. The maximum Gasteiger partial charge on any atom is 0.307 e. The number of anilines is 1. The largest absolute Gasteiger partial charge is 0.469 e. The highest BCUT2D eigenvalue weighted by Gasteiger charge is 2.46. The van der Waals surface area contributed by atoms with Gasteiger partial charge in [0, 0.05) is 0 Å². The van der Waals surface area contributed by atoms with E-state index >= 15 is 0 Å². The van der Waals surface area contributed by atoms with Crippen molar-refractivity contribution in [3.63, 3.8) is 0 Å². The van der Waals surface area contributed by atoms with Gasteiger partial charge in [0.2, 0.25) is 5.95 Å². The number of nitrogens with one attached hydrogen (secondary N) is 1. The number of carbonyl (C=O) groups excluding carboxylic acids is 1. The molecule has 0 spiro atoms. The summed E-state index contributed by atoms with van der Waals surface area (Å²) in [5.41, 5.74) is 5.24. The van der Waals surface area contributed by atoms with Crippen molar-refractivity contribution in [1.82, 2.24) is 19.5 Å². The molecule has 2 unspecified atom stereocenters. The lowest BCUT2D eigenvalue weighted by molar-refractivity contribution is -0.143. The van der Waals surface area contributed by atoms with Crippen LogP contribution < -0.4 is 11.3 Å². The number of aliphatic hydroxyl groups excluding tert-OH is 2. The predicted octanol–water partition coefficient (Wildman–Crippen LogP) is -2.10. The van der Waals surface area contributed by atoms with Gasteiger partial charge < -0.3 is 30.2 Å². The number of imidazole rings is 1. The lowest BCUT2D eigenvalue weighted by Crippen LogP contribution is -2.36. The van der Waals surface area contributed by atoms with Crippen LogP contribution in [0, 0.1) is 0 Å². The first kappa shape index (κ1) is 18.3. The van der Waals surface area contributed by atoms with Crippen LogP contribution in [-0.2, 0) is 19.0 Å². The van der Waals surface area contributed by atoms with Crippen molar-refractivity contribution in [2.45, 2.75) is 31.0 Å². The fraction of sp³-hybridized carbons (Fsp3) is 0.571. The Labute approximate surface area is 146 Å². The Hall–Kier alpha value is -2.54. The van der Waals surface area contributed by atoms with Crippen LogP contribution in [0.25, 0.3) is 11.2 Å². The van der Waals surface area contributed by atoms with E-state index in [2.05, 4.69) is 19.7 Å². The van der Waals surface area contributed by atoms with Crippen molar-refractivity contribution in [2.75, 3.05) is 26.1 Å². The summed E-state index contributed by atoms with van der Waals surface area (Å²) in [6.45, 7) is -0.480. The van der Waals surface area contributed by atoms with Crippen LogP contribution in [0.1, 0.15) is 12.6 Å². The average Bonchev–Trinajstić information content (AvgIpc) is 3.16. The van der Waals surface area contributed by atoms with Gasteiger partial charge in [-0.1, -0.05) is 0 Å². The number of nitrogens with two attached hydrogens (primary N) is 1. The molecule has 142 valence electrons. The summed E-state index contributed by atoms with van der Waals surface area (Å²) >= 11 is 0. The molecule has 0 aromatic carbocycles. The Morgan fingerprint density at radius 3 is 3.00 bits per heavy atom. The average molecular weight is 369 g/mol. The number of methoxy groups -OCH3 is 1. The van der Waals surface area contributed by atoms with Crippen LogP contribution in [-0.4, -0.2) is 74.3 Å². The molecule has 0 amide bonds. The number of nitrogen functional groups attached to an aromatic ring is 1. The number of aromatic nitrogens is 4. The molecular formula is C14H19N5O7. The first-order chi connectivity index (χ1) is 12.5. The molecule has 2 aromatic heterocycles. The van der Waals surface area contributed by atoms with E-state index in [0.29, 0.717) is 0 Å². The Kier molecular flexibility index (Phi) is 5.18. The van der Waals surface area contributed by atoms with Crippen LogP contribution in [0.15, 0.2) is 11.1 Å². The molecule has 12 heteroatoms. The van der Waals surface area contributed by atoms with Crippen LogP contribution in [0.4, 0.5) is 5.95 Å². The number of ether oxygens (including phenoxy) is 3. The Morgan fingerprint density at radius 2 is 2.31 bits per heavy atom. The summed E-state index contributed by atoms with van der Waals surface area (Å²) in [7, 11) is 1.26. The third-order valence-electron chi connectivity index (χ3n) is 4.06. The van der Waals surface area contributed by atoms with Gasteiger partial charge >= 0.3 is 5.97 Å². The van der Waals surface area contributed by atoms with E-state index in [1.54, 1.807) is 0 Å². The summed E-state index contributed by atoms with van der Waals surface area (Å²) in [5.74, 6) is -0.576. The van der Waals surface area contributed by atoms with E-state index < -0.39 is 42.7 Å². The highest BCUT2D eigenvalue weighted by Crippen LogP contribution is 2.33. The first-order valence-corrected chi connectivity index (χ1v) is 7.81. The molecule has 26 heavy (non-hydrogen) atoms. The van der Waals surface area contributed by atoms with E-state index in [4.69, 9.17) is 15.2 Å². The molecule has 3 rings (SSSR count). The smallest absolute Gasteiger partial charge is 0.307 e.